The van der Waals surface area contributed by atoms with Crippen LogP contribution in [0.25, 0.3) is 0 Å². The molecule has 0 amide bonds. The fraction of sp³-hybridized carbons (Fsp3) is 0.308. The Labute approximate surface area is 132 Å². The number of nitrogens with zero attached hydrogens (tertiary/aromatic N) is 2. The first-order valence-corrected chi connectivity index (χ1v) is 8.70. The maximum atomic E-state index is 12.4. The number of rotatable bonds is 6. The molecule has 8 heteroatoms. The third-order valence-corrected chi connectivity index (χ3v) is 4.93. The van der Waals surface area contributed by atoms with Crippen LogP contribution < -0.4 is 10.0 Å². The molecule has 0 aromatic carbocycles. The van der Waals surface area contributed by atoms with Crippen molar-refractivity contribution >= 4 is 31.6 Å². The van der Waals surface area contributed by atoms with Crippen LogP contribution in [0.3, 0.4) is 0 Å². The van der Waals surface area contributed by atoms with Crippen LogP contribution in [0.15, 0.2) is 40.1 Å². The lowest BCUT2D eigenvalue weighted by atomic mass is 10.4. The number of sulfonamides is 1. The van der Waals surface area contributed by atoms with Gasteiger partial charge in [-0.15, -0.1) is 0 Å². The van der Waals surface area contributed by atoms with Gasteiger partial charge in [0.25, 0.3) is 10.0 Å². The van der Waals surface area contributed by atoms with Crippen LogP contribution in [0.2, 0.25) is 0 Å². The Hall–Kier alpha value is -1.38. The van der Waals surface area contributed by atoms with Crippen LogP contribution in [0.4, 0.5) is 5.69 Å². The first kappa shape index (κ1) is 16.0. The molecular formula is C13H17BrN4O2S. The van der Waals surface area contributed by atoms with Crippen molar-refractivity contribution < 1.29 is 8.42 Å². The maximum Gasteiger partial charge on any atom is 0.263 e. The van der Waals surface area contributed by atoms with E-state index in [9.17, 15) is 8.42 Å². The lowest BCUT2D eigenvalue weighted by Gasteiger charge is -2.07. The number of nitrogens with one attached hydrogen (secondary N) is 2. The highest BCUT2D eigenvalue weighted by Crippen LogP contribution is 2.24. The molecule has 2 rings (SSSR count). The molecule has 0 aliphatic rings. The molecule has 114 valence electrons. The number of pyridine rings is 1. The Morgan fingerprint density at radius 2 is 2.19 bits per heavy atom. The average molecular weight is 373 g/mol. The summed E-state index contributed by atoms with van der Waals surface area (Å²) >= 11 is 3.27. The van der Waals surface area contributed by atoms with Crippen molar-refractivity contribution in [1.82, 2.24) is 14.9 Å². The van der Waals surface area contributed by atoms with Crippen LogP contribution in [-0.2, 0) is 23.6 Å². The van der Waals surface area contributed by atoms with Gasteiger partial charge in [0.2, 0.25) is 0 Å². The zero-order valence-electron chi connectivity index (χ0n) is 11.8. The van der Waals surface area contributed by atoms with Crippen molar-refractivity contribution in [3.63, 3.8) is 0 Å². The van der Waals surface area contributed by atoms with Gasteiger partial charge in [-0.1, -0.05) is 6.92 Å². The second kappa shape index (κ2) is 6.59. The number of hydrogen-bond donors (Lipinski definition) is 2. The first-order chi connectivity index (χ1) is 9.94. The Balaban J connectivity index is 2.26. The summed E-state index contributed by atoms with van der Waals surface area (Å²) in [6.07, 6.45) is 4.67. The third kappa shape index (κ3) is 3.84. The van der Waals surface area contributed by atoms with Crippen molar-refractivity contribution in [3.05, 3.63) is 40.9 Å². The predicted molar refractivity (Wildman–Crippen MR) is 85.5 cm³/mol. The van der Waals surface area contributed by atoms with E-state index in [4.69, 9.17) is 0 Å². The molecule has 0 spiro atoms. The van der Waals surface area contributed by atoms with Gasteiger partial charge in [0, 0.05) is 37.9 Å². The lowest BCUT2D eigenvalue weighted by molar-refractivity contribution is 0.601. The summed E-state index contributed by atoms with van der Waals surface area (Å²) in [6, 6.07) is 3.27. The van der Waals surface area contributed by atoms with E-state index in [-0.39, 0.29) is 4.90 Å². The van der Waals surface area contributed by atoms with E-state index in [1.165, 1.54) is 6.20 Å². The molecule has 0 aliphatic heterocycles. The van der Waals surface area contributed by atoms with Crippen molar-refractivity contribution in [2.24, 2.45) is 7.05 Å². The van der Waals surface area contributed by atoms with Crippen LogP contribution in [0.1, 0.15) is 12.6 Å². The molecule has 2 heterocycles. The summed E-state index contributed by atoms with van der Waals surface area (Å²) in [5.41, 5.74) is 1.37. The first-order valence-electron chi connectivity index (χ1n) is 6.42. The van der Waals surface area contributed by atoms with Crippen LogP contribution in [0, 0.1) is 0 Å². The molecule has 2 aromatic heterocycles. The molecule has 21 heavy (non-hydrogen) atoms. The number of aryl methyl sites for hydroxylation is 1. The molecule has 2 N–H and O–H groups in total. The van der Waals surface area contributed by atoms with Crippen molar-refractivity contribution in [1.29, 1.82) is 0 Å². The summed E-state index contributed by atoms with van der Waals surface area (Å²) in [6.45, 7) is 3.46. The molecule has 0 saturated heterocycles. The largest absolute Gasteiger partial charge is 0.352 e. The summed E-state index contributed by atoms with van der Waals surface area (Å²) in [4.78, 5) is 4.14. The van der Waals surface area contributed by atoms with Crippen molar-refractivity contribution in [3.8, 4) is 0 Å². The number of hydrogen-bond acceptors (Lipinski definition) is 4. The molecule has 0 unspecified atom stereocenters. The van der Waals surface area contributed by atoms with Crippen molar-refractivity contribution in [2.75, 3.05) is 11.3 Å². The summed E-state index contributed by atoms with van der Waals surface area (Å²) in [7, 11) is -1.79. The highest BCUT2D eigenvalue weighted by molar-refractivity contribution is 9.10. The van der Waals surface area contributed by atoms with E-state index in [0.29, 0.717) is 16.7 Å². The fourth-order valence-electron chi connectivity index (χ4n) is 1.81. The van der Waals surface area contributed by atoms with Gasteiger partial charge in [-0.2, -0.15) is 0 Å². The minimum absolute atomic E-state index is 0.238. The van der Waals surface area contributed by atoms with Gasteiger partial charge in [0.1, 0.15) is 4.90 Å². The molecule has 0 aliphatic carbocycles. The third-order valence-electron chi connectivity index (χ3n) is 2.97. The summed E-state index contributed by atoms with van der Waals surface area (Å²) in [5, 5.41) is 3.18. The van der Waals surface area contributed by atoms with Gasteiger partial charge >= 0.3 is 0 Å². The standard InChI is InChI=1S/C13H17BrN4O2S/c1-3-15-7-10-6-11(9-18(10)2)21(19,20)17-13-4-5-16-8-12(13)14/h4-6,8-9,15H,3,7H2,1-2H3,(H,16,17). The summed E-state index contributed by atoms with van der Waals surface area (Å²) in [5.74, 6) is 0. The highest BCUT2D eigenvalue weighted by Gasteiger charge is 2.18. The zero-order chi connectivity index (χ0) is 15.5. The fourth-order valence-corrected chi connectivity index (χ4v) is 3.47. The minimum atomic E-state index is -3.62. The number of halogens is 1. The maximum absolute atomic E-state index is 12.4. The molecule has 2 aromatic rings. The van der Waals surface area contributed by atoms with E-state index < -0.39 is 10.0 Å². The Bertz CT molecular complexity index is 728. The Kier molecular flexibility index (Phi) is 5.02. The van der Waals surface area contributed by atoms with Crippen molar-refractivity contribution in [2.45, 2.75) is 18.4 Å². The van der Waals surface area contributed by atoms with E-state index in [0.717, 1.165) is 12.2 Å². The second-order valence-corrected chi connectivity index (χ2v) is 7.06. The predicted octanol–water partition coefficient (Wildman–Crippen LogP) is 2.09. The smallest absolute Gasteiger partial charge is 0.263 e. The highest BCUT2D eigenvalue weighted by atomic mass is 79.9. The van der Waals surface area contributed by atoms with Gasteiger partial charge in [0.15, 0.2) is 0 Å². The normalized spacial score (nSPS) is 11.6. The minimum Gasteiger partial charge on any atom is -0.352 e. The van der Waals surface area contributed by atoms with Gasteiger partial charge in [-0.25, -0.2) is 8.42 Å². The second-order valence-electron chi connectivity index (χ2n) is 4.52. The molecule has 0 fully saturated rings. The quantitative estimate of drug-likeness (QED) is 0.813. The number of aromatic nitrogens is 2. The Morgan fingerprint density at radius 1 is 1.43 bits per heavy atom. The molecule has 6 nitrogen and oxygen atoms in total. The van der Waals surface area contributed by atoms with Crippen LogP contribution in [-0.4, -0.2) is 24.5 Å². The van der Waals surface area contributed by atoms with E-state index >= 15 is 0 Å². The monoisotopic (exact) mass is 372 g/mol. The van der Waals surface area contributed by atoms with E-state index in [2.05, 4.69) is 31.0 Å². The van der Waals surface area contributed by atoms with E-state index in [1.54, 1.807) is 29.1 Å². The lowest BCUT2D eigenvalue weighted by Crippen LogP contribution is -2.14. The van der Waals surface area contributed by atoms with Gasteiger partial charge in [0.05, 0.1) is 10.2 Å². The zero-order valence-corrected chi connectivity index (χ0v) is 14.2. The average Bonchev–Trinajstić information content (AvgIpc) is 2.81. The molecular weight excluding hydrogens is 356 g/mol. The Morgan fingerprint density at radius 3 is 2.86 bits per heavy atom. The number of anilines is 1. The van der Waals surface area contributed by atoms with E-state index in [1.807, 2.05) is 14.0 Å². The summed E-state index contributed by atoms with van der Waals surface area (Å²) < 4.78 is 29.8. The molecule has 0 atom stereocenters. The topological polar surface area (TPSA) is 76.0 Å². The van der Waals surface area contributed by atoms with Gasteiger partial charge < -0.3 is 9.88 Å². The van der Waals surface area contributed by atoms with Gasteiger partial charge in [-0.3, -0.25) is 9.71 Å². The molecule has 0 saturated carbocycles. The van der Waals surface area contributed by atoms with Crippen LogP contribution in [0.5, 0.6) is 0 Å². The van der Waals surface area contributed by atoms with Gasteiger partial charge in [-0.05, 0) is 34.6 Å². The van der Waals surface area contributed by atoms with Crippen LogP contribution >= 0.6 is 15.9 Å². The SMILES string of the molecule is CCNCc1cc(S(=O)(=O)Nc2ccncc2Br)cn1C. The molecule has 0 radical (unpaired) electrons. The molecule has 0 bridgehead atoms.